The Morgan fingerprint density at radius 2 is 1.90 bits per heavy atom. The second-order valence-corrected chi connectivity index (χ2v) is 7.00. The molecule has 0 spiro atoms. The van der Waals surface area contributed by atoms with Crippen molar-refractivity contribution in [3.8, 4) is 11.4 Å². The fourth-order valence-electron chi connectivity index (χ4n) is 3.26. The number of hydrogen-bond donors (Lipinski definition) is 1. The van der Waals surface area contributed by atoms with E-state index in [-0.39, 0.29) is 5.91 Å². The van der Waals surface area contributed by atoms with Gasteiger partial charge in [-0.05, 0) is 35.9 Å². The van der Waals surface area contributed by atoms with Gasteiger partial charge in [0, 0.05) is 37.3 Å². The molecule has 7 heteroatoms. The summed E-state index contributed by atoms with van der Waals surface area (Å²) in [5, 5.41) is 7.40. The molecule has 0 saturated carbocycles. The van der Waals surface area contributed by atoms with E-state index in [4.69, 9.17) is 4.74 Å². The molecule has 2 heterocycles. The Morgan fingerprint density at radius 3 is 2.58 bits per heavy atom. The molecule has 1 atom stereocenters. The molecule has 4 aromatic rings. The molecular weight excluding hydrogens is 390 g/mol. The average Bonchev–Trinajstić information content (AvgIpc) is 3.46. The Bertz CT molecular complexity index is 1180. The first kappa shape index (κ1) is 20.2. The first-order valence-electron chi connectivity index (χ1n) is 9.84. The molecule has 0 radical (unpaired) electrons. The Morgan fingerprint density at radius 1 is 1.13 bits per heavy atom. The molecule has 31 heavy (non-hydrogen) atoms. The van der Waals surface area contributed by atoms with Gasteiger partial charge >= 0.3 is 0 Å². The Hall–Kier alpha value is -4.13. The molecule has 0 bridgehead atoms. The first-order chi connectivity index (χ1) is 15.1. The number of ether oxygens (including phenoxy) is 1. The molecule has 1 N–H and O–H groups in total. The number of carbonyl (C=O) groups excluding carboxylic acids is 1. The number of amides is 1. The van der Waals surface area contributed by atoms with Gasteiger partial charge in [0.05, 0.1) is 19.0 Å². The summed E-state index contributed by atoms with van der Waals surface area (Å²) in [7, 11) is 3.52. The van der Waals surface area contributed by atoms with Crippen LogP contribution in [0.2, 0.25) is 0 Å². The maximum absolute atomic E-state index is 12.7. The maximum Gasteiger partial charge on any atom is 0.244 e. The highest BCUT2D eigenvalue weighted by Crippen LogP contribution is 2.23. The van der Waals surface area contributed by atoms with Crippen LogP contribution in [0.1, 0.15) is 23.0 Å². The van der Waals surface area contributed by atoms with Crippen LogP contribution in [-0.4, -0.2) is 32.3 Å². The van der Waals surface area contributed by atoms with Crippen LogP contribution in [-0.2, 0) is 11.8 Å². The fraction of sp³-hybridized carbons (Fsp3) is 0.125. The number of imidazole rings is 1. The minimum absolute atomic E-state index is 0.226. The van der Waals surface area contributed by atoms with Gasteiger partial charge in [-0.1, -0.05) is 30.3 Å². The van der Waals surface area contributed by atoms with Gasteiger partial charge in [0.15, 0.2) is 0 Å². The van der Waals surface area contributed by atoms with E-state index >= 15 is 0 Å². The van der Waals surface area contributed by atoms with E-state index in [0.29, 0.717) is 0 Å². The number of methoxy groups -OCH3 is 1. The van der Waals surface area contributed by atoms with Crippen LogP contribution < -0.4 is 10.1 Å². The van der Waals surface area contributed by atoms with E-state index in [1.54, 1.807) is 30.3 Å². The van der Waals surface area contributed by atoms with Crippen molar-refractivity contribution >= 4 is 12.0 Å². The van der Waals surface area contributed by atoms with Crippen molar-refractivity contribution < 1.29 is 9.53 Å². The second kappa shape index (κ2) is 9.13. The Labute approximate surface area is 180 Å². The molecule has 0 saturated heterocycles. The fourth-order valence-corrected chi connectivity index (χ4v) is 3.26. The number of hydrogen-bond acceptors (Lipinski definition) is 4. The first-order valence-corrected chi connectivity index (χ1v) is 9.84. The number of benzene rings is 2. The highest BCUT2D eigenvalue weighted by molar-refractivity contribution is 5.92. The quantitative estimate of drug-likeness (QED) is 0.471. The van der Waals surface area contributed by atoms with Gasteiger partial charge in [-0.3, -0.25) is 4.79 Å². The van der Waals surface area contributed by atoms with Crippen molar-refractivity contribution in [2.24, 2.45) is 7.05 Å². The lowest BCUT2D eigenvalue weighted by Crippen LogP contribution is -2.29. The van der Waals surface area contributed by atoms with E-state index in [2.05, 4.69) is 15.4 Å². The summed E-state index contributed by atoms with van der Waals surface area (Å²) in [6, 6.07) is 17.0. The molecule has 0 aliphatic heterocycles. The van der Waals surface area contributed by atoms with Crippen molar-refractivity contribution in [2.45, 2.75) is 6.04 Å². The van der Waals surface area contributed by atoms with Gasteiger partial charge in [-0.2, -0.15) is 5.10 Å². The zero-order chi connectivity index (χ0) is 21.6. The van der Waals surface area contributed by atoms with E-state index in [9.17, 15) is 4.79 Å². The van der Waals surface area contributed by atoms with Crippen LogP contribution in [0.15, 0.2) is 85.5 Å². The molecule has 2 aromatic carbocycles. The molecule has 0 aliphatic carbocycles. The van der Waals surface area contributed by atoms with E-state index in [1.165, 1.54) is 6.08 Å². The lowest BCUT2D eigenvalue weighted by molar-refractivity contribution is -0.117. The molecule has 0 aliphatic rings. The number of para-hydroxylation sites is 1. The van der Waals surface area contributed by atoms with Gasteiger partial charge in [0.1, 0.15) is 17.6 Å². The smallest absolute Gasteiger partial charge is 0.244 e. The van der Waals surface area contributed by atoms with Gasteiger partial charge < -0.3 is 14.6 Å². The van der Waals surface area contributed by atoms with Gasteiger partial charge in [0.2, 0.25) is 5.91 Å². The molecule has 2 aromatic heterocycles. The molecule has 4 rings (SSSR count). The third kappa shape index (κ3) is 4.72. The molecular formula is C24H23N5O2. The standard InChI is InChI=1S/C24H23N5O2/c1-28-15-14-25-24(28)23(19-9-11-21(31-2)12-10-19)27-22(30)13-8-18-16-26-29(17-18)20-6-4-3-5-7-20/h3-17,23H,1-2H3,(H,27,30)/b13-8+. The SMILES string of the molecule is COc1ccc(C(NC(=O)/C=C/c2cnn(-c3ccccc3)c2)c2nccn2C)cc1. The Balaban J connectivity index is 1.51. The van der Waals surface area contributed by atoms with E-state index < -0.39 is 6.04 Å². The molecule has 1 amide bonds. The number of carbonyl (C=O) groups is 1. The molecule has 7 nitrogen and oxygen atoms in total. The normalized spacial score (nSPS) is 12.1. The lowest BCUT2D eigenvalue weighted by atomic mass is 10.1. The average molecular weight is 413 g/mol. The van der Waals surface area contributed by atoms with Gasteiger partial charge in [0.25, 0.3) is 0 Å². The predicted octanol–water partition coefficient (Wildman–Crippen LogP) is 3.53. The predicted molar refractivity (Wildman–Crippen MR) is 119 cm³/mol. The third-order valence-electron chi connectivity index (χ3n) is 4.90. The summed E-state index contributed by atoms with van der Waals surface area (Å²) in [4.78, 5) is 17.1. The largest absolute Gasteiger partial charge is 0.497 e. The van der Waals surface area contributed by atoms with Crippen LogP contribution in [0.5, 0.6) is 5.75 Å². The monoisotopic (exact) mass is 413 g/mol. The summed E-state index contributed by atoms with van der Waals surface area (Å²) in [6.45, 7) is 0. The molecule has 156 valence electrons. The summed E-state index contributed by atoms with van der Waals surface area (Å²) in [6.07, 6.45) is 10.4. The van der Waals surface area contributed by atoms with E-state index in [0.717, 1.165) is 28.4 Å². The zero-order valence-corrected chi connectivity index (χ0v) is 17.3. The third-order valence-corrected chi connectivity index (χ3v) is 4.90. The minimum Gasteiger partial charge on any atom is -0.497 e. The zero-order valence-electron chi connectivity index (χ0n) is 17.3. The van der Waals surface area contributed by atoms with Crippen LogP contribution in [0, 0.1) is 0 Å². The lowest BCUT2D eigenvalue weighted by Gasteiger charge is -2.18. The van der Waals surface area contributed by atoms with Gasteiger partial charge in [-0.25, -0.2) is 9.67 Å². The van der Waals surface area contributed by atoms with Crippen molar-refractivity contribution in [2.75, 3.05) is 7.11 Å². The van der Waals surface area contributed by atoms with Crippen LogP contribution in [0.3, 0.4) is 0 Å². The van der Waals surface area contributed by atoms with Crippen molar-refractivity contribution in [1.29, 1.82) is 0 Å². The van der Waals surface area contributed by atoms with E-state index in [1.807, 2.05) is 78.6 Å². The van der Waals surface area contributed by atoms with Crippen LogP contribution in [0.25, 0.3) is 11.8 Å². The molecule has 0 fully saturated rings. The van der Waals surface area contributed by atoms with Crippen molar-refractivity contribution in [3.63, 3.8) is 0 Å². The topological polar surface area (TPSA) is 74.0 Å². The number of rotatable bonds is 7. The number of aryl methyl sites for hydroxylation is 1. The molecule has 1 unspecified atom stereocenters. The van der Waals surface area contributed by atoms with Crippen LogP contribution in [0.4, 0.5) is 0 Å². The van der Waals surface area contributed by atoms with Crippen molar-refractivity contribution in [3.05, 3.63) is 102 Å². The minimum atomic E-state index is -0.393. The summed E-state index contributed by atoms with van der Waals surface area (Å²) < 4.78 is 8.90. The summed E-state index contributed by atoms with van der Waals surface area (Å²) in [5.74, 6) is 1.27. The van der Waals surface area contributed by atoms with Gasteiger partial charge in [-0.15, -0.1) is 0 Å². The summed E-state index contributed by atoms with van der Waals surface area (Å²) in [5.41, 5.74) is 2.70. The highest BCUT2D eigenvalue weighted by atomic mass is 16.5. The number of nitrogens with zero attached hydrogens (tertiary/aromatic N) is 4. The maximum atomic E-state index is 12.7. The highest BCUT2D eigenvalue weighted by Gasteiger charge is 2.20. The van der Waals surface area contributed by atoms with Crippen molar-refractivity contribution in [1.82, 2.24) is 24.6 Å². The summed E-state index contributed by atoms with van der Waals surface area (Å²) >= 11 is 0. The second-order valence-electron chi connectivity index (χ2n) is 7.00. The number of nitrogens with one attached hydrogen (secondary N) is 1. The number of aromatic nitrogens is 4. The van der Waals surface area contributed by atoms with Crippen LogP contribution >= 0.6 is 0 Å². The Kier molecular flexibility index (Phi) is 5.93.